The van der Waals surface area contributed by atoms with E-state index in [9.17, 15) is 27.9 Å². The van der Waals surface area contributed by atoms with E-state index < -0.39 is 45.4 Å². The summed E-state index contributed by atoms with van der Waals surface area (Å²) in [7, 11) is -0.865. The molecule has 14 heteroatoms. The first-order valence-corrected chi connectivity index (χ1v) is 20.3. The Hall–Kier alpha value is -5.31. The van der Waals surface area contributed by atoms with E-state index in [1.807, 2.05) is 73.8 Å². The molecule has 296 valence electrons. The number of nitrogens with one attached hydrogen (secondary N) is 3. The predicted molar refractivity (Wildman–Crippen MR) is 212 cm³/mol. The molecule has 4 aromatic rings. The Balaban J connectivity index is 1.23. The number of carbonyl (C=O) groups excluding carboxylic acids is 3. The zero-order valence-electron chi connectivity index (χ0n) is 31.9. The smallest absolute Gasteiger partial charge is 0.264 e. The number of fused-ring (bicyclic) bond motifs is 1. The molecule has 1 aliphatic carbocycles. The molecule has 13 nitrogen and oxygen atoms in total. The van der Waals surface area contributed by atoms with E-state index in [0.29, 0.717) is 28.3 Å². The highest BCUT2D eigenvalue weighted by atomic mass is 32.2. The molecule has 4 atom stereocenters. The number of pyridine rings is 1. The molecule has 1 saturated heterocycles. The van der Waals surface area contributed by atoms with E-state index in [0.717, 1.165) is 43.2 Å². The van der Waals surface area contributed by atoms with Gasteiger partial charge in [-0.1, -0.05) is 61.0 Å². The largest absolute Gasteiger partial charge is 0.497 e. The predicted octanol–water partition coefficient (Wildman–Crippen LogP) is 4.49. The molecule has 0 bridgehead atoms. The third-order valence-corrected chi connectivity index (χ3v) is 11.7. The van der Waals surface area contributed by atoms with Crippen molar-refractivity contribution in [1.29, 1.82) is 0 Å². The van der Waals surface area contributed by atoms with Crippen LogP contribution in [0.3, 0.4) is 0 Å². The van der Waals surface area contributed by atoms with Gasteiger partial charge >= 0.3 is 0 Å². The van der Waals surface area contributed by atoms with Crippen molar-refractivity contribution in [1.82, 2.24) is 25.2 Å². The van der Waals surface area contributed by atoms with Crippen molar-refractivity contribution in [2.24, 2.45) is 5.92 Å². The summed E-state index contributed by atoms with van der Waals surface area (Å²) in [5.74, 6) is -1.13. The molecule has 0 spiro atoms. The number of sulfonamides is 1. The quantitative estimate of drug-likeness (QED) is 0.0883. The summed E-state index contributed by atoms with van der Waals surface area (Å²) >= 11 is 0. The summed E-state index contributed by atoms with van der Waals surface area (Å²) in [5.41, 5.74) is 1.00. The number of aliphatic hydroxyl groups excluding tert-OH is 1. The second-order valence-electron chi connectivity index (χ2n) is 14.3. The van der Waals surface area contributed by atoms with Crippen molar-refractivity contribution in [2.75, 3.05) is 27.2 Å². The molecule has 2 heterocycles. The number of aromatic nitrogens is 1. The van der Waals surface area contributed by atoms with Gasteiger partial charge in [-0.25, -0.2) is 18.1 Å². The van der Waals surface area contributed by atoms with Gasteiger partial charge in [-0.3, -0.25) is 14.4 Å². The summed E-state index contributed by atoms with van der Waals surface area (Å²) in [6.07, 6.45) is 7.29. The number of likely N-dealkylation sites (tertiary alicyclic amines) is 1. The first-order valence-electron chi connectivity index (χ1n) is 18.9. The highest BCUT2D eigenvalue weighted by Gasteiger charge is 2.61. The van der Waals surface area contributed by atoms with Crippen LogP contribution in [0.5, 0.6) is 11.5 Å². The fourth-order valence-electron chi connectivity index (χ4n) is 7.19. The number of ether oxygens (including phenoxy) is 2. The Morgan fingerprint density at radius 2 is 1.82 bits per heavy atom. The summed E-state index contributed by atoms with van der Waals surface area (Å²) in [6.45, 7) is 2.03. The molecule has 1 aromatic heterocycles. The number of hydrogen-bond donors (Lipinski definition) is 4. The lowest BCUT2D eigenvalue weighted by Gasteiger charge is -2.25. The van der Waals surface area contributed by atoms with Gasteiger partial charge in [0, 0.05) is 42.3 Å². The molecule has 3 amide bonds. The van der Waals surface area contributed by atoms with Gasteiger partial charge in [-0.05, 0) is 69.1 Å². The highest BCUT2D eigenvalue weighted by molar-refractivity contribution is 7.90. The minimum atomic E-state index is -4.35. The van der Waals surface area contributed by atoms with Gasteiger partial charge in [0.05, 0.1) is 36.4 Å². The Morgan fingerprint density at radius 3 is 2.55 bits per heavy atom. The van der Waals surface area contributed by atoms with Gasteiger partial charge in [0.15, 0.2) is 0 Å². The zero-order valence-corrected chi connectivity index (χ0v) is 32.7. The number of benzene rings is 3. The normalized spacial score (nSPS) is 20.6. The number of nitrogens with zero attached hydrogens (tertiary/aromatic N) is 2. The Kier molecular flexibility index (Phi) is 12.7. The lowest BCUT2D eigenvalue weighted by molar-refractivity contribution is -0.138. The lowest BCUT2D eigenvalue weighted by atomic mass is 10.1. The highest BCUT2D eigenvalue weighted by Crippen LogP contribution is 2.46. The molecule has 3 aromatic carbocycles. The van der Waals surface area contributed by atoms with Gasteiger partial charge < -0.3 is 30.1 Å². The molecule has 0 radical (unpaired) electrons. The maximum atomic E-state index is 14.2. The zero-order chi connectivity index (χ0) is 39.9. The minimum Gasteiger partial charge on any atom is -0.497 e. The van der Waals surface area contributed by atoms with Crippen LogP contribution in [-0.4, -0.2) is 86.1 Å². The summed E-state index contributed by atoms with van der Waals surface area (Å²) in [5, 5.41) is 16.3. The van der Waals surface area contributed by atoms with E-state index in [2.05, 4.69) is 15.4 Å². The van der Waals surface area contributed by atoms with Crippen molar-refractivity contribution >= 4 is 38.6 Å². The van der Waals surface area contributed by atoms with Crippen LogP contribution in [0.15, 0.2) is 95.9 Å². The molecule has 1 saturated carbocycles. The van der Waals surface area contributed by atoms with Gasteiger partial charge in [-0.2, -0.15) is 0 Å². The number of unbranched alkanes of at least 4 members (excludes halogenated alkanes) is 3. The van der Waals surface area contributed by atoms with Crippen LogP contribution in [0.25, 0.3) is 22.2 Å². The van der Waals surface area contributed by atoms with Gasteiger partial charge in [0.1, 0.15) is 29.2 Å². The van der Waals surface area contributed by atoms with Crippen molar-refractivity contribution in [3.8, 4) is 22.8 Å². The van der Waals surface area contributed by atoms with Crippen molar-refractivity contribution < 1.29 is 37.4 Å². The second-order valence-corrected chi connectivity index (χ2v) is 16.0. The van der Waals surface area contributed by atoms with Crippen LogP contribution in [-0.2, 0) is 31.0 Å². The van der Waals surface area contributed by atoms with E-state index >= 15 is 0 Å². The topological polar surface area (TPSA) is 176 Å². The molecule has 2 aliphatic rings. The summed E-state index contributed by atoms with van der Waals surface area (Å²) in [4.78, 5) is 47.3. The van der Waals surface area contributed by atoms with E-state index in [-0.39, 0.29) is 36.8 Å². The number of rotatable bonds is 17. The van der Waals surface area contributed by atoms with E-state index in [4.69, 9.17) is 14.5 Å². The monoisotopic (exact) mass is 783 g/mol. The third kappa shape index (κ3) is 9.20. The van der Waals surface area contributed by atoms with E-state index in [1.165, 1.54) is 30.0 Å². The average Bonchev–Trinajstić information content (AvgIpc) is 3.73. The van der Waals surface area contributed by atoms with Crippen LogP contribution >= 0.6 is 0 Å². The maximum absolute atomic E-state index is 14.2. The summed E-state index contributed by atoms with van der Waals surface area (Å²) in [6, 6.07) is 21.6. The van der Waals surface area contributed by atoms with Crippen LogP contribution < -0.4 is 24.8 Å². The number of methoxy groups -OCH3 is 1. The molecule has 6 rings (SSSR count). The number of carbonyl (C=O) groups is 3. The molecular weight excluding hydrogens is 735 g/mol. The molecule has 0 unspecified atom stereocenters. The number of amides is 3. The lowest BCUT2D eigenvalue weighted by Crippen LogP contribution is -2.56. The van der Waals surface area contributed by atoms with Crippen molar-refractivity contribution in [2.45, 2.75) is 74.6 Å². The Morgan fingerprint density at radius 1 is 1.02 bits per heavy atom. The molecule has 4 N–H and O–H groups in total. The fraction of sp³-hybridized carbons (Fsp3) is 0.381. The van der Waals surface area contributed by atoms with Crippen LogP contribution in [0.4, 0.5) is 0 Å². The van der Waals surface area contributed by atoms with Gasteiger partial charge in [0.25, 0.3) is 15.9 Å². The Bertz CT molecular complexity index is 2200. The number of aliphatic hydroxyl groups is 1. The van der Waals surface area contributed by atoms with Crippen LogP contribution in [0, 0.1) is 5.92 Å². The molecule has 56 heavy (non-hydrogen) atoms. The Labute approximate surface area is 327 Å². The molecule has 1 aliphatic heterocycles. The average molecular weight is 784 g/mol. The van der Waals surface area contributed by atoms with Gasteiger partial charge in [-0.15, -0.1) is 0 Å². The third-order valence-electron chi connectivity index (χ3n) is 10.4. The van der Waals surface area contributed by atoms with Crippen molar-refractivity contribution in [3.05, 3.63) is 96.6 Å². The van der Waals surface area contributed by atoms with Crippen LogP contribution in [0.1, 0.15) is 51.0 Å². The number of allylic oxidation sites excluding steroid dienone is 1. The van der Waals surface area contributed by atoms with E-state index in [1.54, 1.807) is 13.2 Å². The molecular formula is C42H49N5O8S. The SMILES string of the molecule is CNCCCCC/C=C/[C@@H]1C[C@]1(NC(=O)[C@@H]1C[C@@H](Oc2cc(-c3ccccc3)nc3cc(OC)ccc23)CN1C(C)=O)C(=O)NS(=O)(=O)c1cccc(CO)c1. The first-order chi connectivity index (χ1) is 27.0. The maximum Gasteiger partial charge on any atom is 0.264 e. The van der Waals surface area contributed by atoms with Crippen molar-refractivity contribution in [3.63, 3.8) is 0 Å². The second kappa shape index (κ2) is 17.7. The van der Waals surface area contributed by atoms with Gasteiger partial charge in [0.2, 0.25) is 11.8 Å². The van der Waals surface area contributed by atoms with Crippen LogP contribution in [0.2, 0.25) is 0 Å². The fourth-order valence-corrected chi connectivity index (χ4v) is 8.29. The summed E-state index contributed by atoms with van der Waals surface area (Å²) < 4.78 is 41.0. The molecule has 2 fully saturated rings. The minimum absolute atomic E-state index is 0.111. The number of hydrogen-bond acceptors (Lipinski definition) is 10. The first kappa shape index (κ1) is 40.4. The standard InChI is InChI=1S/C42H49N5O8S/c1-28(49)47-26-33(55-39-24-36(30-14-8-7-9-15-30)44-37-22-32(54-3)18-19-35(37)39)23-38(47)40(50)45-42(25-31(42)16-10-5-4-6-11-20-43-2)41(51)46-56(52,53)34-17-12-13-29(21-34)27-48/h7-10,12-19,21-22,24,31,33,38,43,48H,4-6,11,20,23,25-27H2,1-3H3,(H,45,50)(H,46,51)/b16-10+/t31-,33-,38+,42-/m1/s1.